The van der Waals surface area contributed by atoms with Crippen molar-refractivity contribution in [2.75, 3.05) is 18.4 Å². The maximum absolute atomic E-state index is 11.8. The summed E-state index contributed by atoms with van der Waals surface area (Å²) in [6.45, 7) is 4.79. The Balaban J connectivity index is 1.88. The Bertz CT molecular complexity index is 476. The van der Waals surface area contributed by atoms with Gasteiger partial charge in [0.2, 0.25) is 0 Å². The van der Waals surface area contributed by atoms with Gasteiger partial charge in [-0.1, -0.05) is 26.0 Å². The van der Waals surface area contributed by atoms with Crippen molar-refractivity contribution in [1.82, 2.24) is 4.90 Å². The minimum Gasteiger partial charge on any atom is -0.481 e. The van der Waals surface area contributed by atoms with Gasteiger partial charge in [-0.2, -0.15) is 0 Å². The number of aliphatic carboxylic acids is 1. The predicted molar refractivity (Wildman–Crippen MR) is 72.2 cm³/mol. The number of carboxylic acid groups (broad SMARTS) is 1. The first-order chi connectivity index (χ1) is 8.97. The number of anilines is 1. The van der Waals surface area contributed by atoms with Crippen LogP contribution in [0.3, 0.4) is 0 Å². The topological polar surface area (TPSA) is 69.6 Å². The van der Waals surface area contributed by atoms with Crippen LogP contribution in [-0.4, -0.2) is 35.1 Å². The average Bonchev–Trinajstić information content (AvgIpc) is 2.26. The number of carbonyl (C=O) groups is 2. The van der Waals surface area contributed by atoms with Crippen LogP contribution >= 0.6 is 0 Å². The number of carbonyl (C=O) groups excluding carboxylic acids is 1. The minimum absolute atomic E-state index is 0.241. The first kappa shape index (κ1) is 13.4. The molecule has 0 aliphatic carbocycles. The monoisotopic (exact) mass is 262 g/mol. The van der Waals surface area contributed by atoms with Gasteiger partial charge in [-0.3, -0.25) is 4.79 Å². The quantitative estimate of drug-likeness (QED) is 0.878. The first-order valence-corrected chi connectivity index (χ1v) is 6.36. The molecular weight excluding hydrogens is 244 g/mol. The number of benzene rings is 1. The van der Waals surface area contributed by atoms with E-state index in [1.54, 1.807) is 0 Å². The molecule has 1 heterocycles. The number of urea groups is 1. The number of nitrogens with zero attached hydrogens (tertiary/aromatic N) is 1. The fraction of sp³-hybridized carbons (Fsp3) is 0.429. The van der Waals surface area contributed by atoms with Crippen molar-refractivity contribution in [3.8, 4) is 0 Å². The van der Waals surface area contributed by atoms with E-state index in [0.29, 0.717) is 5.92 Å². The third kappa shape index (κ3) is 3.05. The second-order valence-corrected chi connectivity index (χ2v) is 5.15. The van der Waals surface area contributed by atoms with Gasteiger partial charge in [0.15, 0.2) is 0 Å². The molecule has 0 unspecified atom stereocenters. The molecule has 0 atom stereocenters. The molecule has 1 aromatic carbocycles. The summed E-state index contributed by atoms with van der Waals surface area (Å²) in [4.78, 5) is 23.9. The van der Waals surface area contributed by atoms with Gasteiger partial charge in [0.1, 0.15) is 0 Å². The molecule has 1 aliphatic rings. The summed E-state index contributed by atoms with van der Waals surface area (Å²) in [7, 11) is 0. The molecular formula is C14H18N2O3. The molecule has 2 amide bonds. The van der Waals surface area contributed by atoms with Gasteiger partial charge >= 0.3 is 12.0 Å². The van der Waals surface area contributed by atoms with E-state index in [2.05, 4.69) is 19.2 Å². The highest BCUT2D eigenvalue weighted by Gasteiger charge is 2.35. The van der Waals surface area contributed by atoms with Crippen molar-refractivity contribution in [3.05, 3.63) is 29.8 Å². The number of hydrogen-bond donors (Lipinski definition) is 2. The SMILES string of the molecule is CC(C)c1ccc(NC(=O)N2CC(C(=O)O)C2)cc1. The minimum atomic E-state index is -0.842. The molecule has 0 radical (unpaired) electrons. The van der Waals surface area contributed by atoms with Crippen LogP contribution in [0, 0.1) is 5.92 Å². The lowest BCUT2D eigenvalue weighted by molar-refractivity contribution is -0.145. The van der Waals surface area contributed by atoms with Crippen LogP contribution in [0.1, 0.15) is 25.3 Å². The van der Waals surface area contributed by atoms with Crippen LogP contribution in [-0.2, 0) is 4.79 Å². The summed E-state index contributed by atoms with van der Waals surface area (Å²) < 4.78 is 0. The lowest BCUT2D eigenvalue weighted by Crippen LogP contribution is -2.54. The van der Waals surface area contributed by atoms with E-state index in [4.69, 9.17) is 5.11 Å². The molecule has 1 aliphatic heterocycles. The molecule has 19 heavy (non-hydrogen) atoms. The van der Waals surface area contributed by atoms with Crippen LogP contribution in [0.15, 0.2) is 24.3 Å². The lowest BCUT2D eigenvalue weighted by Gasteiger charge is -2.36. The van der Waals surface area contributed by atoms with Gasteiger partial charge in [-0.25, -0.2) is 4.79 Å². The third-order valence-corrected chi connectivity index (χ3v) is 3.35. The molecule has 1 fully saturated rings. The Hall–Kier alpha value is -2.04. The molecule has 1 aromatic rings. The van der Waals surface area contributed by atoms with Crippen LogP contribution in [0.2, 0.25) is 0 Å². The van der Waals surface area contributed by atoms with E-state index in [1.807, 2.05) is 24.3 Å². The number of hydrogen-bond acceptors (Lipinski definition) is 2. The van der Waals surface area contributed by atoms with E-state index in [-0.39, 0.29) is 19.1 Å². The molecule has 5 nitrogen and oxygen atoms in total. The Morgan fingerprint density at radius 1 is 1.26 bits per heavy atom. The van der Waals surface area contributed by atoms with E-state index >= 15 is 0 Å². The van der Waals surface area contributed by atoms with Gasteiger partial charge in [0.05, 0.1) is 5.92 Å². The molecule has 0 bridgehead atoms. The molecule has 2 rings (SSSR count). The summed E-state index contributed by atoms with van der Waals surface area (Å²) in [6.07, 6.45) is 0. The fourth-order valence-corrected chi connectivity index (χ4v) is 1.95. The number of amides is 2. The highest BCUT2D eigenvalue weighted by atomic mass is 16.4. The smallest absolute Gasteiger partial charge is 0.321 e. The number of rotatable bonds is 3. The Labute approximate surface area is 112 Å². The molecule has 102 valence electrons. The van der Waals surface area contributed by atoms with Crippen LogP contribution in [0.5, 0.6) is 0 Å². The summed E-state index contributed by atoms with van der Waals surface area (Å²) >= 11 is 0. The van der Waals surface area contributed by atoms with Gasteiger partial charge in [0, 0.05) is 18.8 Å². The van der Waals surface area contributed by atoms with Crippen LogP contribution in [0.25, 0.3) is 0 Å². The molecule has 0 saturated carbocycles. The van der Waals surface area contributed by atoms with Crippen molar-refractivity contribution in [2.45, 2.75) is 19.8 Å². The van der Waals surface area contributed by atoms with Crippen LogP contribution in [0.4, 0.5) is 10.5 Å². The fourth-order valence-electron chi connectivity index (χ4n) is 1.95. The first-order valence-electron chi connectivity index (χ1n) is 6.36. The largest absolute Gasteiger partial charge is 0.481 e. The van der Waals surface area contributed by atoms with Crippen molar-refractivity contribution in [2.24, 2.45) is 5.92 Å². The number of carboxylic acids is 1. The van der Waals surface area contributed by atoms with E-state index in [1.165, 1.54) is 10.5 Å². The van der Waals surface area contributed by atoms with Crippen LogP contribution < -0.4 is 5.32 Å². The zero-order valence-electron chi connectivity index (χ0n) is 11.1. The Morgan fingerprint density at radius 2 is 1.84 bits per heavy atom. The zero-order chi connectivity index (χ0) is 14.0. The van der Waals surface area contributed by atoms with Gasteiger partial charge in [-0.05, 0) is 23.6 Å². The maximum Gasteiger partial charge on any atom is 0.321 e. The molecule has 0 spiro atoms. The average molecular weight is 262 g/mol. The third-order valence-electron chi connectivity index (χ3n) is 3.35. The number of likely N-dealkylation sites (tertiary alicyclic amines) is 1. The second-order valence-electron chi connectivity index (χ2n) is 5.15. The van der Waals surface area contributed by atoms with E-state index < -0.39 is 11.9 Å². The highest BCUT2D eigenvalue weighted by Crippen LogP contribution is 2.20. The van der Waals surface area contributed by atoms with Crippen molar-refractivity contribution < 1.29 is 14.7 Å². The van der Waals surface area contributed by atoms with Gasteiger partial charge in [-0.15, -0.1) is 0 Å². The Kier molecular flexibility index (Phi) is 3.74. The molecule has 1 saturated heterocycles. The second kappa shape index (κ2) is 5.30. The van der Waals surface area contributed by atoms with E-state index in [0.717, 1.165) is 5.69 Å². The normalized spacial score (nSPS) is 15.2. The van der Waals surface area contributed by atoms with Crippen molar-refractivity contribution in [1.29, 1.82) is 0 Å². The zero-order valence-corrected chi connectivity index (χ0v) is 11.1. The standard InChI is InChI=1S/C14H18N2O3/c1-9(2)10-3-5-12(6-4-10)15-14(19)16-7-11(8-16)13(17)18/h3-6,9,11H,7-8H2,1-2H3,(H,15,19)(H,17,18). The van der Waals surface area contributed by atoms with Gasteiger partial charge in [0.25, 0.3) is 0 Å². The predicted octanol–water partition coefficient (Wildman–Crippen LogP) is 2.36. The lowest BCUT2D eigenvalue weighted by atomic mass is 10.0. The summed E-state index contributed by atoms with van der Waals surface area (Å²) in [5.74, 6) is -0.809. The molecule has 2 N–H and O–H groups in total. The summed E-state index contributed by atoms with van der Waals surface area (Å²) in [6, 6.07) is 7.45. The summed E-state index contributed by atoms with van der Waals surface area (Å²) in [5.41, 5.74) is 1.95. The van der Waals surface area contributed by atoms with Crippen molar-refractivity contribution >= 4 is 17.7 Å². The summed E-state index contributed by atoms with van der Waals surface area (Å²) in [5, 5.41) is 11.5. The van der Waals surface area contributed by atoms with Gasteiger partial charge < -0.3 is 15.3 Å². The Morgan fingerprint density at radius 3 is 2.32 bits per heavy atom. The number of nitrogens with one attached hydrogen (secondary N) is 1. The maximum atomic E-state index is 11.8. The van der Waals surface area contributed by atoms with E-state index in [9.17, 15) is 9.59 Å². The highest BCUT2D eigenvalue weighted by molar-refractivity contribution is 5.91. The molecule has 5 heteroatoms. The van der Waals surface area contributed by atoms with Crippen molar-refractivity contribution in [3.63, 3.8) is 0 Å². The molecule has 0 aromatic heterocycles.